The van der Waals surface area contributed by atoms with Gasteiger partial charge in [0.1, 0.15) is 42.0 Å². The van der Waals surface area contributed by atoms with Crippen LogP contribution in [0.2, 0.25) is 0 Å². The first-order valence-corrected chi connectivity index (χ1v) is 34.8. The number of benzene rings is 5. The molecule has 3 fully saturated rings. The fraction of sp³-hybridized carbons (Fsp3) is 0.453. The van der Waals surface area contributed by atoms with Crippen molar-refractivity contribution in [3.63, 3.8) is 0 Å². The number of allylic oxidation sites excluding steroid dienone is 3. The highest BCUT2D eigenvalue weighted by Gasteiger charge is 2.53. The summed E-state index contributed by atoms with van der Waals surface area (Å²) >= 11 is 0. The molecule has 1 unspecified atom stereocenters. The maximum atomic E-state index is 13.7. The standard InChI is InChI=1S/C75H82N4O8S2/c1-44(80)85-42-60-56-23-24-57-66-51(36-53(81)37-63(66)84-3)39-75-32-30-50(38-75)54(22-20-45-12-6-4-7-13-45)55-26-29-65(76)79-61(55)27-21-49-18-10-16-47(41-83-2)31-33-77-40-59-67(49)68(71(60)86-72(56)69(57)75)58-25-28-62-74(87-73(58)70(59)82)64(35-46-14-8-5-9-15-46)89-88-43-48-17-11-19-52(34-48)78-62/h4-9,12-15,23-26,28-29,36-37,47-50,52,54,60,62,64-65,71,74,77-79,81-82H,11,16-17,19-20,22,30-35,38-43,76H2,1-3H3/t47-,48+,49-,50+,52-,54+,60-,62-,64+,65?,71-,74-,75-/m0/s1. The van der Waals surface area contributed by atoms with Gasteiger partial charge in [0.15, 0.2) is 11.5 Å². The van der Waals surface area contributed by atoms with Gasteiger partial charge in [-0.25, -0.2) is 0 Å². The second-order valence-electron chi connectivity index (χ2n) is 26.4. The lowest BCUT2D eigenvalue weighted by molar-refractivity contribution is -0.141. The van der Waals surface area contributed by atoms with Crippen molar-refractivity contribution in [1.82, 2.24) is 16.0 Å². The van der Waals surface area contributed by atoms with E-state index >= 15 is 0 Å². The molecule has 13 atom stereocenters. The van der Waals surface area contributed by atoms with Crippen LogP contribution >= 0.6 is 21.6 Å². The first-order chi connectivity index (χ1) is 43.5. The summed E-state index contributed by atoms with van der Waals surface area (Å²) < 4.78 is 34.2. The number of methoxy groups -OCH3 is 2. The lowest BCUT2D eigenvalue weighted by atomic mass is 9.64. The fourth-order valence-corrected chi connectivity index (χ4v) is 19.9. The molecule has 6 aliphatic heterocycles. The summed E-state index contributed by atoms with van der Waals surface area (Å²) in [5, 5.41) is 36.9. The molecule has 89 heavy (non-hydrogen) atoms. The van der Waals surface area contributed by atoms with Crippen LogP contribution in [0.25, 0.3) is 17.2 Å². The summed E-state index contributed by atoms with van der Waals surface area (Å²) in [6, 6.07) is 29.6. The van der Waals surface area contributed by atoms with Gasteiger partial charge in [0.25, 0.3) is 0 Å². The highest BCUT2D eigenvalue weighted by atomic mass is 33.1. The molecule has 5 aromatic rings. The molecule has 1 spiro atoms. The van der Waals surface area contributed by atoms with Gasteiger partial charge in [-0.2, -0.15) is 0 Å². The number of hydrogen-bond donors (Lipinski definition) is 6. The minimum atomic E-state index is -0.793. The maximum Gasteiger partial charge on any atom is 0.302 e. The van der Waals surface area contributed by atoms with Gasteiger partial charge in [-0.1, -0.05) is 131 Å². The highest BCUT2D eigenvalue weighted by molar-refractivity contribution is 8.77. The monoisotopic (exact) mass is 1230 g/mol. The topological polar surface area (TPSA) is 166 Å². The first-order valence-electron chi connectivity index (χ1n) is 32.4. The molecule has 7 N–H and O–H groups in total. The van der Waals surface area contributed by atoms with Crippen LogP contribution in [0.5, 0.6) is 28.7 Å². The van der Waals surface area contributed by atoms with E-state index in [4.69, 9.17) is 29.4 Å². The zero-order chi connectivity index (χ0) is 60.8. The summed E-state index contributed by atoms with van der Waals surface area (Å²) in [4.78, 5) is 13.4. The molecule has 0 aromatic heterocycles. The van der Waals surface area contributed by atoms with Gasteiger partial charge in [-0.3, -0.25) is 4.79 Å². The van der Waals surface area contributed by atoms with Crippen LogP contribution in [-0.2, 0) is 45.5 Å². The second-order valence-corrected chi connectivity index (χ2v) is 29.0. The van der Waals surface area contributed by atoms with E-state index in [-0.39, 0.29) is 59.7 Å². The molecule has 462 valence electrons. The number of nitrogens with two attached hydrogens (primary N) is 1. The van der Waals surface area contributed by atoms with Crippen LogP contribution in [0.15, 0.2) is 114 Å². The van der Waals surface area contributed by atoms with Crippen LogP contribution in [0, 0.1) is 47.4 Å². The van der Waals surface area contributed by atoms with Crippen LogP contribution in [0.4, 0.5) is 0 Å². The second kappa shape index (κ2) is 25.9. The van der Waals surface area contributed by atoms with E-state index in [2.05, 4.69) is 137 Å². The van der Waals surface area contributed by atoms with Gasteiger partial charge in [-0.05, 0) is 152 Å². The number of phenols is 2. The van der Waals surface area contributed by atoms with Crippen molar-refractivity contribution in [3.8, 4) is 63.6 Å². The van der Waals surface area contributed by atoms with Gasteiger partial charge in [0.2, 0.25) is 0 Å². The molecule has 1 saturated heterocycles. The number of hydrogen-bond acceptors (Lipinski definition) is 14. The van der Waals surface area contributed by atoms with Crippen molar-refractivity contribution < 1.29 is 38.7 Å². The van der Waals surface area contributed by atoms with Crippen molar-refractivity contribution in [2.75, 3.05) is 39.7 Å². The Morgan fingerprint density at radius 2 is 1.74 bits per heavy atom. The Morgan fingerprint density at radius 3 is 2.56 bits per heavy atom. The maximum absolute atomic E-state index is 13.7. The Labute approximate surface area is 532 Å². The third kappa shape index (κ3) is 11.9. The number of carbonyl (C=O) groups excluding carboxylic acids is 1. The van der Waals surface area contributed by atoms with Crippen molar-refractivity contribution in [2.24, 2.45) is 29.4 Å². The summed E-state index contributed by atoms with van der Waals surface area (Å²) in [5.41, 5.74) is 18.8. The average molecular weight is 1230 g/mol. The number of nitrogens with one attached hydrogen (secondary N) is 3. The summed E-state index contributed by atoms with van der Waals surface area (Å²) in [7, 11) is 7.30. The molecule has 14 heteroatoms. The molecule has 2 saturated carbocycles. The van der Waals surface area contributed by atoms with Crippen LogP contribution < -0.4 is 35.9 Å². The Balaban J connectivity index is 1.05. The van der Waals surface area contributed by atoms with Crippen molar-refractivity contribution in [1.29, 1.82) is 0 Å². The molecular weight excluding hydrogens is 1150 g/mol. The van der Waals surface area contributed by atoms with Crippen molar-refractivity contribution >= 4 is 33.6 Å². The van der Waals surface area contributed by atoms with E-state index in [1.807, 2.05) is 27.7 Å². The Morgan fingerprint density at radius 1 is 0.899 bits per heavy atom. The van der Waals surface area contributed by atoms with E-state index in [1.165, 1.54) is 30.9 Å². The summed E-state index contributed by atoms with van der Waals surface area (Å²) in [6.45, 7) is 2.97. The molecule has 3 aliphatic carbocycles. The molecule has 14 rings (SSSR count). The zero-order valence-electron chi connectivity index (χ0n) is 51.3. The molecular formula is C75H82N4O8S2. The summed E-state index contributed by atoms with van der Waals surface area (Å²) in [5.74, 6) is 17.5. The first kappa shape index (κ1) is 59.8. The van der Waals surface area contributed by atoms with Crippen molar-refractivity contribution in [2.45, 2.75) is 150 Å². The molecule has 6 heterocycles. The minimum Gasteiger partial charge on any atom is -0.508 e. The number of fused-ring (bicyclic) bond motifs is 10. The third-order valence-corrected chi connectivity index (χ3v) is 23.7. The predicted molar refractivity (Wildman–Crippen MR) is 354 cm³/mol. The van der Waals surface area contributed by atoms with Gasteiger partial charge in [-0.15, -0.1) is 5.92 Å². The van der Waals surface area contributed by atoms with Crippen LogP contribution in [-0.4, -0.2) is 85.5 Å². The van der Waals surface area contributed by atoms with Crippen molar-refractivity contribution in [3.05, 3.63) is 164 Å². The van der Waals surface area contributed by atoms with E-state index in [0.29, 0.717) is 60.6 Å². The van der Waals surface area contributed by atoms with E-state index in [1.54, 1.807) is 20.3 Å². The largest absolute Gasteiger partial charge is 0.508 e. The third-order valence-electron chi connectivity index (χ3n) is 20.7. The van der Waals surface area contributed by atoms with Gasteiger partial charge < -0.3 is 55.6 Å². The number of carbonyl (C=O) groups is 1. The van der Waals surface area contributed by atoms with Gasteiger partial charge in [0.05, 0.1) is 36.2 Å². The lowest BCUT2D eigenvalue weighted by Crippen LogP contribution is -2.52. The van der Waals surface area contributed by atoms with Gasteiger partial charge in [0, 0.05) is 90.3 Å². The molecule has 0 amide bonds. The van der Waals surface area contributed by atoms with Crippen LogP contribution in [0.3, 0.4) is 0 Å². The fourth-order valence-electron chi connectivity index (χ4n) is 16.7. The van der Waals surface area contributed by atoms with E-state index in [9.17, 15) is 15.0 Å². The summed E-state index contributed by atoms with van der Waals surface area (Å²) in [6.07, 6.45) is 18.9. The van der Waals surface area contributed by atoms with Gasteiger partial charge >= 0.3 is 5.97 Å². The molecule has 0 radical (unpaired) electrons. The normalized spacial score (nSPS) is 29.6. The Kier molecular flexibility index (Phi) is 17.4. The zero-order valence-corrected chi connectivity index (χ0v) is 52.9. The molecule has 5 aromatic carbocycles. The number of aromatic hydroxyl groups is 2. The van der Waals surface area contributed by atoms with E-state index < -0.39 is 35.6 Å². The number of dihydropyridines is 1. The highest BCUT2D eigenvalue weighted by Crippen LogP contribution is 2.64. The molecule has 9 aliphatic rings. The minimum absolute atomic E-state index is 0.0185. The quantitative estimate of drug-likeness (QED) is 0.0444. The molecule has 12 nitrogen and oxygen atoms in total. The average Bonchev–Trinajstić information content (AvgIpc) is 1.62. The number of aryl methyl sites for hydroxylation is 1. The Bertz CT molecular complexity index is 3740. The number of phenolic OH excluding ortho intramolecular Hbond substituents is 2. The number of ether oxygens (including phenoxy) is 5. The van der Waals surface area contributed by atoms with Crippen LogP contribution in [0.1, 0.15) is 139 Å². The Hall–Kier alpha value is -6.75. The number of esters is 1. The number of rotatable bonds is 10. The predicted octanol–water partition coefficient (Wildman–Crippen LogP) is 12.6. The smallest absolute Gasteiger partial charge is 0.302 e. The SMILES string of the molecule is COC[C@H]1CC#C[C@H]2C#CC3=C(C=CC(N)N3)[C@H](CCc3ccccc3)[C@@H]3CC[C@@]4(Cc5cc(O)cc(OC)c5-c5ccc6c(c54)O[C@H](c4c5c(c(O)c(c42)CNCC1)O[C@H]1[C@H](C=C5)N[C@H]2CCC[C@@H](CSS[C@@H]1Cc1ccccc1)C2)[C@H]6COC(C)=O)C3. The lowest BCUT2D eigenvalue weighted by Gasteiger charge is -2.40. The molecule has 6 bridgehead atoms. The van der Waals surface area contributed by atoms with E-state index in [0.717, 1.165) is 120 Å².